The highest BCUT2D eigenvalue weighted by atomic mass is 31.2. The quantitative estimate of drug-likeness (QED) is 0.468. The summed E-state index contributed by atoms with van der Waals surface area (Å²) in [5.41, 5.74) is 2.73. The minimum atomic E-state index is -3.43. The third-order valence-electron chi connectivity index (χ3n) is 4.67. The fourth-order valence-corrected chi connectivity index (χ4v) is 4.62. The minimum absolute atomic E-state index is 0.0361. The number of carbonyl (C=O) groups is 1. The van der Waals surface area contributed by atoms with Crippen molar-refractivity contribution in [3.8, 4) is 0 Å². The van der Waals surface area contributed by atoms with Gasteiger partial charge in [0.2, 0.25) is 0 Å². The van der Waals surface area contributed by atoms with E-state index in [1.807, 2.05) is 37.3 Å². The molecule has 0 spiro atoms. The van der Waals surface area contributed by atoms with Crippen LogP contribution in [0.4, 0.5) is 0 Å². The number of aromatic nitrogens is 1. The summed E-state index contributed by atoms with van der Waals surface area (Å²) < 4.78 is 25.0. The maximum absolute atomic E-state index is 13.2. The van der Waals surface area contributed by atoms with Gasteiger partial charge >= 0.3 is 13.6 Å². The molecule has 0 aliphatic rings. The smallest absolute Gasteiger partial charge is 0.354 e. The third kappa shape index (κ3) is 7.31. The molecule has 0 saturated carbocycles. The number of hydrogen-bond acceptors (Lipinski definition) is 5. The Labute approximate surface area is 182 Å². The monoisotopic (exact) mass is 447 g/mol. The minimum Gasteiger partial charge on any atom is -0.481 e. The van der Waals surface area contributed by atoms with Crippen molar-refractivity contribution in [3.63, 3.8) is 0 Å². The van der Waals surface area contributed by atoms with Crippen LogP contribution in [0, 0.1) is 6.92 Å². The first-order valence-corrected chi connectivity index (χ1v) is 12.0. The number of aliphatic carboxylic acids is 1. The van der Waals surface area contributed by atoms with E-state index in [2.05, 4.69) is 0 Å². The molecule has 1 N–H and O–H groups in total. The molecule has 0 unspecified atom stereocenters. The van der Waals surface area contributed by atoms with Gasteiger partial charge in [0.25, 0.3) is 5.56 Å². The van der Waals surface area contributed by atoms with Crippen LogP contribution in [-0.2, 0) is 31.4 Å². The first-order valence-electron chi connectivity index (χ1n) is 10.4. The van der Waals surface area contributed by atoms with Gasteiger partial charge < -0.3 is 18.7 Å². The molecule has 1 aromatic carbocycles. The maximum Gasteiger partial charge on any atom is 0.354 e. The largest absolute Gasteiger partial charge is 0.481 e. The van der Waals surface area contributed by atoms with Crippen molar-refractivity contribution in [1.82, 2.24) is 4.57 Å². The topological polar surface area (TPSA) is 94.8 Å². The fraction of sp³-hybridized carbons (Fsp3) is 0.391. The van der Waals surface area contributed by atoms with Crippen molar-refractivity contribution >= 4 is 19.6 Å². The number of hydrogen-bond donors (Lipinski definition) is 1. The predicted molar refractivity (Wildman–Crippen MR) is 121 cm³/mol. The molecule has 2 rings (SSSR count). The van der Waals surface area contributed by atoms with Gasteiger partial charge in [0.15, 0.2) is 0 Å². The zero-order valence-corrected chi connectivity index (χ0v) is 19.1. The second-order valence-electron chi connectivity index (χ2n) is 7.06. The van der Waals surface area contributed by atoms with E-state index in [0.29, 0.717) is 30.5 Å². The van der Waals surface area contributed by atoms with Gasteiger partial charge in [-0.25, -0.2) is 0 Å². The molecule has 0 radical (unpaired) electrons. The number of benzene rings is 1. The summed E-state index contributed by atoms with van der Waals surface area (Å²) in [7, 11) is -3.43. The molecule has 0 fully saturated rings. The average Bonchev–Trinajstić information content (AvgIpc) is 2.71. The van der Waals surface area contributed by atoms with E-state index in [0.717, 1.165) is 11.1 Å². The van der Waals surface area contributed by atoms with Crippen LogP contribution < -0.4 is 5.56 Å². The van der Waals surface area contributed by atoms with Crippen molar-refractivity contribution in [2.24, 2.45) is 0 Å². The molecule has 0 atom stereocenters. The molecule has 31 heavy (non-hydrogen) atoms. The van der Waals surface area contributed by atoms with E-state index in [1.165, 1.54) is 5.82 Å². The highest BCUT2D eigenvalue weighted by Crippen LogP contribution is 2.50. The summed E-state index contributed by atoms with van der Waals surface area (Å²) in [6.07, 6.45) is 3.96. The van der Waals surface area contributed by atoms with Crippen LogP contribution in [0.5, 0.6) is 0 Å². The zero-order valence-electron chi connectivity index (χ0n) is 18.2. The van der Waals surface area contributed by atoms with Crippen LogP contribution >= 0.6 is 7.60 Å². The lowest BCUT2D eigenvalue weighted by molar-refractivity contribution is -0.137. The van der Waals surface area contributed by atoms with E-state index in [4.69, 9.17) is 14.2 Å². The molecule has 0 aliphatic carbocycles. The Kier molecular flexibility index (Phi) is 9.44. The molecule has 2 aromatic rings. The van der Waals surface area contributed by atoms with Crippen molar-refractivity contribution in [3.05, 3.63) is 75.0 Å². The van der Waals surface area contributed by atoms with Gasteiger partial charge in [-0.15, -0.1) is 0 Å². The summed E-state index contributed by atoms with van der Waals surface area (Å²) in [5.74, 6) is 0.468. The molecular formula is C23H30NO6P. The highest BCUT2D eigenvalue weighted by Gasteiger charge is 2.20. The van der Waals surface area contributed by atoms with Crippen molar-refractivity contribution in [2.75, 3.05) is 13.2 Å². The average molecular weight is 447 g/mol. The Balaban J connectivity index is 2.48. The second kappa shape index (κ2) is 11.8. The Hall–Kier alpha value is -2.47. The first kappa shape index (κ1) is 24.8. The Bertz CT molecular complexity index is 1000. The number of carboxylic acid groups (broad SMARTS) is 1. The van der Waals surface area contributed by atoms with Crippen molar-refractivity contribution < 1.29 is 23.5 Å². The molecule has 168 valence electrons. The number of nitrogens with zero attached hydrogens (tertiary/aromatic N) is 1. The van der Waals surface area contributed by atoms with Gasteiger partial charge in [-0.3, -0.25) is 14.2 Å². The number of pyridine rings is 1. The molecule has 0 amide bonds. The molecule has 8 heteroatoms. The summed E-state index contributed by atoms with van der Waals surface area (Å²) in [5, 5.41) is 9.00. The van der Waals surface area contributed by atoms with Crippen LogP contribution in [0.2, 0.25) is 0 Å². The summed E-state index contributed by atoms with van der Waals surface area (Å²) in [4.78, 5) is 24.2. The first-order chi connectivity index (χ1) is 14.8. The molecule has 0 aliphatic heterocycles. The van der Waals surface area contributed by atoms with Crippen molar-refractivity contribution in [1.29, 1.82) is 0 Å². The summed E-state index contributed by atoms with van der Waals surface area (Å²) in [6, 6.07) is 9.63. The van der Waals surface area contributed by atoms with E-state index < -0.39 is 13.6 Å². The second-order valence-corrected chi connectivity index (χ2v) is 8.96. The SMILES string of the molecule is CCOP(=O)(C=Cc1c(C)cn(Cc2ccccc2)c(=O)c1CCCC(=O)O)OCC. The maximum atomic E-state index is 13.2. The lowest BCUT2D eigenvalue weighted by Crippen LogP contribution is -2.26. The normalized spacial score (nSPS) is 11.8. The number of aryl methyl sites for hydroxylation is 1. The van der Waals surface area contributed by atoms with Gasteiger partial charge in [0.1, 0.15) is 0 Å². The lowest BCUT2D eigenvalue weighted by atomic mass is 10.00. The van der Waals surface area contributed by atoms with Gasteiger partial charge in [-0.1, -0.05) is 30.3 Å². The van der Waals surface area contributed by atoms with Gasteiger partial charge in [0.05, 0.1) is 19.8 Å². The van der Waals surface area contributed by atoms with Crippen molar-refractivity contribution in [2.45, 2.75) is 46.6 Å². The predicted octanol–water partition coefficient (Wildman–Crippen LogP) is 4.85. The number of rotatable bonds is 12. The number of carboxylic acids is 1. The standard InChI is InChI=1S/C23H30NO6P/c1-4-29-31(28,30-5-2)15-14-20-18(3)16-24(17-19-10-7-6-8-11-19)23(27)21(20)12-9-13-22(25)26/h6-8,10-11,14-16H,4-5,9,12-13,17H2,1-3H3,(H,25,26). The summed E-state index contributed by atoms with van der Waals surface area (Å²) in [6.45, 7) is 6.19. The van der Waals surface area contributed by atoms with Crippen LogP contribution in [0.25, 0.3) is 6.08 Å². The van der Waals surface area contributed by atoms with E-state index in [-0.39, 0.29) is 25.2 Å². The van der Waals surface area contributed by atoms with Crippen LogP contribution in [0.3, 0.4) is 0 Å². The third-order valence-corrected chi connectivity index (χ3v) is 6.42. The molecule has 1 aromatic heterocycles. The van der Waals surface area contributed by atoms with Gasteiger partial charge in [-0.2, -0.15) is 0 Å². The molecule has 1 heterocycles. The summed E-state index contributed by atoms with van der Waals surface area (Å²) >= 11 is 0. The highest BCUT2D eigenvalue weighted by molar-refractivity contribution is 7.57. The molecule has 7 nitrogen and oxygen atoms in total. The van der Waals surface area contributed by atoms with Gasteiger partial charge in [-0.05, 0) is 56.4 Å². The van der Waals surface area contributed by atoms with Gasteiger partial charge in [0, 0.05) is 24.0 Å². The van der Waals surface area contributed by atoms with E-state index in [9.17, 15) is 14.2 Å². The fourth-order valence-electron chi connectivity index (χ4n) is 3.33. The molecule has 0 bridgehead atoms. The van der Waals surface area contributed by atoms with E-state index >= 15 is 0 Å². The van der Waals surface area contributed by atoms with Crippen LogP contribution in [0.1, 0.15) is 48.9 Å². The Morgan fingerprint density at radius 2 is 1.81 bits per heavy atom. The van der Waals surface area contributed by atoms with Crippen LogP contribution in [-0.4, -0.2) is 28.9 Å². The molecule has 0 saturated heterocycles. The van der Waals surface area contributed by atoms with Crippen LogP contribution in [0.15, 0.2) is 47.1 Å². The Morgan fingerprint density at radius 3 is 2.39 bits per heavy atom. The lowest BCUT2D eigenvalue weighted by Gasteiger charge is -2.16. The van der Waals surface area contributed by atoms with E-state index in [1.54, 1.807) is 30.7 Å². The zero-order chi connectivity index (χ0) is 22.9. The Morgan fingerprint density at radius 1 is 1.16 bits per heavy atom. The molecular weight excluding hydrogens is 417 g/mol.